The van der Waals surface area contributed by atoms with Crippen molar-refractivity contribution in [1.82, 2.24) is 9.97 Å². The van der Waals surface area contributed by atoms with Crippen LogP contribution in [0.1, 0.15) is 4.88 Å². The van der Waals surface area contributed by atoms with E-state index in [1.807, 2.05) is 23.8 Å². The average molecular weight is 270 g/mol. The van der Waals surface area contributed by atoms with Gasteiger partial charge in [-0.15, -0.1) is 11.3 Å². The van der Waals surface area contributed by atoms with Crippen LogP contribution < -0.4 is 5.32 Å². The zero-order valence-corrected chi connectivity index (χ0v) is 9.68. The molecule has 2 aromatic heterocycles. The lowest BCUT2D eigenvalue weighted by Crippen LogP contribution is -1.97. The lowest BCUT2D eigenvalue weighted by molar-refractivity contribution is 1.15. The molecule has 0 aromatic carbocycles. The molecule has 0 aliphatic carbocycles. The summed E-state index contributed by atoms with van der Waals surface area (Å²) in [5.74, 6) is 0. The van der Waals surface area contributed by atoms with Crippen LogP contribution in [0.3, 0.4) is 0 Å². The second kappa shape index (κ2) is 4.52. The van der Waals surface area contributed by atoms with Crippen molar-refractivity contribution in [2.75, 3.05) is 5.32 Å². The number of hydrogen-bond donors (Lipinski definition) is 1. The molecule has 1 N–H and O–H groups in total. The quantitative estimate of drug-likeness (QED) is 0.871. The first-order valence-corrected chi connectivity index (χ1v) is 5.74. The van der Waals surface area contributed by atoms with Crippen LogP contribution in [-0.4, -0.2) is 9.97 Å². The molecule has 3 nitrogen and oxygen atoms in total. The fourth-order valence-electron chi connectivity index (χ4n) is 0.999. The summed E-state index contributed by atoms with van der Waals surface area (Å²) < 4.78 is 0.848. The molecule has 0 aliphatic heterocycles. The van der Waals surface area contributed by atoms with Crippen LogP contribution >= 0.6 is 27.3 Å². The summed E-state index contributed by atoms with van der Waals surface area (Å²) in [6.45, 7) is 0.800. The maximum atomic E-state index is 4.12. The van der Waals surface area contributed by atoms with Crippen molar-refractivity contribution in [2.24, 2.45) is 0 Å². The van der Waals surface area contributed by atoms with Gasteiger partial charge < -0.3 is 5.32 Å². The van der Waals surface area contributed by atoms with Crippen LogP contribution in [0.4, 0.5) is 5.69 Å². The maximum absolute atomic E-state index is 4.12. The lowest BCUT2D eigenvalue weighted by atomic mass is 10.4. The highest BCUT2D eigenvalue weighted by atomic mass is 79.9. The number of aromatic nitrogens is 2. The van der Waals surface area contributed by atoms with E-state index in [0.29, 0.717) is 0 Å². The topological polar surface area (TPSA) is 37.8 Å². The molecular formula is C9H8BrN3S. The molecule has 0 radical (unpaired) electrons. The number of anilines is 1. The van der Waals surface area contributed by atoms with Gasteiger partial charge in [0.2, 0.25) is 0 Å². The van der Waals surface area contributed by atoms with Gasteiger partial charge >= 0.3 is 0 Å². The largest absolute Gasteiger partial charge is 0.379 e. The van der Waals surface area contributed by atoms with Crippen molar-refractivity contribution in [3.05, 3.63) is 39.5 Å². The van der Waals surface area contributed by atoms with E-state index in [1.165, 1.54) is 4.88 Å². The Balaban J connectivity index is 1.95. The van der Waals surface area contributed by atoms with Gasteiger partial charge in [0, 0.05) is 11.1 Å². The Labute approximate surface area is 94.4 Å². The average Bonchev–Trinajstić information content (AvgIpc) is 2.70. The van der Waals surface area contributed by atoms with Gasteiger partial charge in [-0.2, -0.15) is 0 Å². The molecule has 0 atom stereocenters. The van der Waals surface area contributed by atoms with Gasteiger partial charge in [-0.05, 0) is 28.1 Å². The van der Waals surface area contributed by atoms with Crippen molar-refractivity contribution in [3.63, 3.8) is 0 Å². The van der Waals surface area contributed by atoms with E-state index < -0.39 is 0 Å². The highest BCUT2D eigenvalue weighted by molar-refractivity contribution is 9.10. The molecule has 0 saturated carbocycles. The minimum absolute atomic E-state index is 0.800. The Hall–Kier alpha value is -0.940. The summed E-state index contributed by atoms with van der Waals surface area (Å²) in [6, 6.07) is 3.90. The van der Waals surface area contributed by atoms with Crippen LogP contribution in [0.15, 0.2) is 34.6 Å². The third-order valence-electron chi connectivity index (χ3n) is 1.68. The van der Waals surface area contributed by atoms with Gasteiger partial charge in [0.1, 0.15) is 4.60 Å². The molecular weight excluding hydrogens is 262 g/mol. The molecule has 0 unspecified atom stereocenters. The predicted octanol–water partition coefficient (Wildman–Crippen LogP) is 2.91. The molecule has 0 saturated heterocycles. The van der Waals surface area contributed by atoms with E-state index in [2.05, 4.69) is 31.2 Å². The van der Waals surface area contributed by atoms with E-state index in [9.17, 15) is 0 Å². The van der Waals surface area contributed by atoms with Crippen molar-refractivity contribution < 1.29 is 0 Å². The van der Waals surface area contributed by atoms with Crippen LogP contribution in [-0.2, 0) is 6.54 Å². The summed E-state index contributed by atoms with van der Waals surface area (Å²) in [7, 11) is 0. The Morgan fingerprint density at radius 1 is 1.36 bits per heavy atom. The number of rotatable bonds is 3. The summed E-state index contributed by atoms with van der Waals surface area (Å²) in [5.41, 5.74) is 2.85. The molecule has 0 amide bonds. The monoisotopic (exact) mass is 269 g/mol. The Morgan fingerprint density at radius 3 is 2.93 bits per heavy atom. The van der Waals surface area contributed by atoms with Crippen LogP contribution in [0.5, 0.6) is 0 Å². The maximum Gasteiger partial charge on any atom is 0.106 e. The van der Waals surface area contributed by atoms with Gasteiger partial charge in [0.25, 0.3) is 0 Å². The zero-order valence-electron chi connectivity index (χ0n) is 7.27. The molecule has 14 heavy (non-hydrogen) atoms. The highest BCUT2D eigenvalue weighted by Gasteiger charge is 1.95. The molecule has 0 fully saturated rings. The Morgan fingerprint density at radius 2 is 2.29 bits per heavy atom. The van der Waals surface area contributed by atoms with E-state index in [1.54, 1.807) is 17.5 Å². The second-order valence-corrected chi connectivity index (χ2v) is 4.47. The first kappa shape index (κ1) is 9.61. The molecule has 2 rings (SSSR count). The molecule has 72 valence electrons. The van der Waals surface area contributed by atoms with Crippen LogP contribution in [0.25, 0.3) is 0 Å². The van der Waals surface area contributed by atoms with Crippen molar-refractivity contribution >= 4 is 33.0 Å². The third kappa shape index (κ3) is 2.52. The van der Waals surface area contributed by atoms with Crippen molar-refractivity contribution in [1.29, 1.82) is 0 Å². The SMILES string of the molecule is Brc1ccc(NCc2cncs2)cn1. The van der Waals surface area contributed by atoms with E-state index >= 15 is 0 Å². The summed E-state index contributed by atoms with van der Waals surface area (Å²) in [6.07, 6.45) is 3.66. The van der Waals surface area contributed by atoms with E-state index in [-0.39, 0.29) is 0 Å². The smallest absolute Gasteiger partial charge is 0.106 e. The van der Waals surface area contributed by atoms with Crippen molar-refractivity contribution in [2.45, 2.75) is 6.54 Å². The van der Waals surface area contributed by atoms with E-state index in [4.69, 9.17) is 0 Å². The lowest BCUT2D eigenvalue weighted by Gasteiger charge is -2.02. The molecule has 2 aromatic rings. The number of thiazole rings is 1. The molecule has 0 spiro atoms. The standard InChI is InChI=1S/C9H8BrN3S/c10-9-2-1-7(3-13-9)12-5-8-4-11-6-14-8/h1-4,6,12H,5H2. The van der Waals surface area contributed by atoms with E-state index in [0.717, 1.165) is 16.8 Å². The van der Waals surface area contributed by atoms with Gasteiger partial charge in [-0.25, -0.2) is 4.98 Å². The predicted molar refractivity (Wildman–Crippen MR) is 61.4 cm³/mol. The fourth-order valence-corrected chi connectivity index (χ4v) is 1.77. The minimum atomic E-state index is 0.800. The second-order valence-electron chi connectivity index (χ2n) is 2.69. The summed E-state index contributed by atoms with van der Waals surface area (Å²) in [4.78, 5) is 9.34. The normalized spacial score (nSPS) is 10.1. The minimum Gasteiger partial charge on any atom is -0.379 e. The first-order chi connectivity index (χ1) is 6.84. The van der Waals surface area contributed by atoms with Gasteiger partial charge in [-0.1, -0.05) is 0 Å². The number of nitrogens with zero attached hydrogens (tertiary/aromatic N) is 2. The Bertz CT molecular complexity index is 385. The van der Waals surface area contributed by atoms with Gasteiger partial charge in [0.05, 0.1) is 23.9 Å². The van der Waals surface area contributed by atoms with Crippen molar-refractivity contribution in [3.8, 4) is 0 Å². The van der Waals surface area contributed by atoms with Crippen LogP contribution in [0, 0.1) is 0 Å². The number of halogens is 1. The zero-order chi connectivity index (χ0) is 9.80. The van der Waals surface area contributed by atoms with Crippen LogP contribution in [0.2, 0.25) is 0 Å². The third-order valence-corrected chi connectivity index (χ3v) is 2.93. The number of pyridine rings is 1. The Kier molecular flexibility index (Phi) is 3.10. The number of nitrogens with one attached hydrogen (secondary N) is 1. The summed E-state index contributed by atoms with van der Waals surface area (Å²) in [5, 5.41) is 3.26. The van der Waals surface area contributed by atoms with Gasteiger partial charge in [0.15, 0.2) is 0 Å². The molecule has 0 bridgehead atoms. The molecule has 0 aliphatic rings. The number of hydrogen-bond acceptors (Lipinski definition) is 4. The molecule has 5 heteroatoms. The van der Waals surface area contributed by atoms with Gasteiger partial charge in [-0.3, -0.25) is 4.98 Å². The summed E-state index contributed by atoms with van der Waals surface area (Å²) >= 11 is 4.93. The highest BCUT2D eigenvalue weighted by Crippen LogP contribution is 2.12. The first-order valence-electron chi connectivity index (χ1n) is 4.07. The fraction of sp³-hybridized carbons (Fsp3) is 0.111. The molecule has 2 heterocycles.